The minimum atomic E-state index is -3.84. The van der Waals surface area contributed by atoms with Gasteiger partial charge in [-0.2, -0.15) is 0 Å². The fraction of sp³-hybridized carbons (Fsp3) is 0.0800. The number of phenols is 2. The first kappa shape index (κ1) is 23.1. The summed E-state index contributed by atoms with van der Waals surface area (Å²) in [5.41, 5.74) is 1.31. The van der Waals surface area contributed by atoms with Crippen LogP contribution in [0.5, 0.6) is 11.5 Å². The van der Waals surface area contributed by atoms with E-state index in [2.05, 4.69) is 10.0 Å². The fourth-order valence-corrected chi connectivity index (χ4v) is 4.50. The third kappa shape index (κ3) is 5.26. The topological polar surface area (TPSA) is 116 Å². The molecule has 0 spiro atoms. The molecule has 0 aliphatic carbocycles. The molecule has 4 aromatic rings. The van der Waals surface area contributed by atoms with Gasteiger partial charge >= 0.3 is 0 Å². The van der Waals surface area contributed by atoms with Crippen molar-refractivity contribution in [3.8, 4) is 11.5 Å². The van der Waals surface area contributed by atoms with Crippen LogP contribution >= 0.6 is 0 Å². The zero-order chi connectivity index (χ0) is 24.3. The Morgan fingerprint density at radius 3 is 2.26 bits per heavy atom. The van der Waals surface area contributed by atoms with E-state index < -0.39 is 21.7 Å². The summed E-state index contributed by atoms with van der Waals surface area (Å²) in [5, 5.41) is 23.9. The van der Waals surface area contributed by atoms with E-state index in [4.69, 9.17) is 0 Å². The molecule has 0 unspecified atom stereocenters. The predicted molar refractivity (Wildman–Crippen MR) is 127 cm³/mol. The van der Waals surface area contributed by atoms with E-state index in [-0.39, 0.29) is 28.5 Å². The molecule has 9 heteroatoms. The zero-order valence-electron chi connectivity index (χ0n) is 17.8. The van der Waals surface area contributed by atoms with E-state index in [0.29, 0.717) is 22.9 Å². The van der Waals surface area contributed by atoms with Gasteiger partial charge in [-0.1, -0.05) is 18.2 Å². The van der Waals surface area contributed by atoms with E-state index in [1.54, 1.807) is 30.3 Å². The molecule has 0 bridgehead atoms. The molecule has 0 saturated heterocycles. The standard InChI is InChI=1S/C25H21FN2O5S/c26-19-4-9-22(10-5-19)34(32,33)28-20-6-1-16(2-7-20)11-12-27-25(31)23-14-18-13-21(29)8-3-17(18)15-24(23)30/h1-10,13-15,28-30H,11-12H2,(H,27,31). The summed E-state index contributed by atoms with van der Waals surface area (Å²) in [5.74, 6) is -1.07. The van der Waals surface area contributed by atoms with Crippen LogP contribution in [-0.2, 0) is 16.4 Å². The molecule has 174 valence electrons. The van der Waals surface area contributed by atoms with Gasteiger partial charge in [-0.25, -0.2) is 12.8 Å². The van der Waals surface area contributed by atoms with E-state index in [1.165, 1.54) is 36.4 Å². The monoisotopic (exact) mass is 480 g/mol. The van der Waals surface area contributed by atoms with Crippen molar-refractivity contribution in [2.75, 3.05) is 11.3 Å². The normalized spacial score (nSPS) is 11.3. The van der Waals surface area contributed by atoms with Gasteiger partial charge in [0.2, 0.25) is 0 Å². The summed E-state index contributed by atoms with van der Waals surface area (Å²) in [7, 11) is -3.84. The first-order chi connectivity index (χ1) is 16.2. The van der Waals surface area contributed by atoms with Crippen LogP contribution in [0.3, 0.4) is 0 Å². The molecule has 4 rings (SSSR count). The van der Waals surface area contributed by atoms with Gasteiger partial charge in [0.15, 0.2) is 0 Å². The van der Waals surface area contributed by atoms with E-state index in [0.717, 1.165) is 17.7 Å². The first-order valence-corrected chi connectivity index (χ1v) is 11.8. The Labute approximate surface area is 195 Å². The highest BCUT2D eigenvalue weighted by atomic mass is 32.2. The van der Waals surface area contributed by atoms with Gasteiger partial charge in [-0.15, -0.1) is 0 Å². The Morgan fingerprint density at radius 2 is 1.56 bits per heavy atom. The van der Waals surface area contributed by atoms with Crippen molar-refractivity contribution in [3.05, 3.63) is 95.8 Å². The number of aromatic hydroxyl groups is 2. The molecule has 0 heterocycles. The number of phenolic OH excluding ortho intramolecular Hbond substituents is 2. The number of halogens is 1. The van der Waals surface area contributed by atoms with Crippen LogP contribution in [0.15, 0.2) is 83.8 Å². The Hall–Kier alpha value is -4.11. The van der Waals surface area contributed by atoms with Gasteiger partial charge < -0.3 is 15.5 Å². The van der Waals surface area contributed by atoms with Crippen LogP contribution in [0.2, 0.25) is 0 Å². The third-order valence-corrected chi connectivity index (χ3v) is 6.61. The number of amides is 1. The summed E-state index contributed by atoms with van der Waals surface area (Å²) in [6.45, 7) is 0.289. The Kier molecular flexibility index (Phi) is 6.38. The largest absolute Gasteiger partial charge is 0.508 e. The number of carbonyl (C=O) groups is 1. The molecule has 0 fully saturated rings. The highest BCUT2D eigenvalue weighted by Crippen LogP contribution is 2.27. The van der Waals surface area contributed by atoms with Crippen molar-refractivity contribution in [1.82, 2.24) is 5.32 Å². The lowest BCUT2D eigenvalue weighted by Crippen LogP contribution is -2.25. The number of fused-ring (bicyclic) bond motifs is 1. The molecule has 34 heavy (non-hydrogen) atoms. The quantitative estimate of drug-likeness (QED) is 0.317. The van der Waals surface area contributed by atoms with Crippen molar-refractivity contribution in [3.63, 3.8) is 0 Å². The Bertz CT molecular complexity index is 1450. The predicted octanol–water partition coefficient (Wildman–Crippen LogP) is 4.16. The van der Waals surface area contributed by atoms with Crippen molar-refractivity contribution in [2.45, 2.75) is 11.3 Å². The third-order valence-electron chi connectivity index (χ3n) is 5.21. The second-order valence-electron chi connectivity index (χ2n) is 7.66. The highest BCUT2D eigenvalue weighted by molar-refractivity contribution is 7.92. The molecule has 0 saturated carbocycles. The maximum atomic E-state index is 13.0. The first-order valence-electron chi connectivity index (χ1n) is 10.3. The number of hydrogen-bond donors (Lipinski definition) is 4. The molecule has 0 aliphatic heterocycles. The molecule has 4 aromatic carbocycles. The van der Waals surface area contributed by atoms with Crippen molar-refractivity contribution in [1.29, 1.82) is 0 Å². The van der Waals surface area contributed by atoms with Gasteiger partial charge in [0, 0.05) is 12.2 Å². The van der Waals surface area contributed by atoms with Crippen LogP contribution in [0, 0.1) is 5.82 Å². The smallest absolute Gasteiger partial charge is 0.261 e. The average molecular weight is 481 g/mol. The number of nitrogens with one attached hydrogen (secondary N) is 2. The van der Waals surface area contributed by atoms with Gasteiger partial charge in [-0.05, 0) is 83.4 Å². The van der Waals surface area contributed by atoms with Crippen molar-refractivity contribution in [2.24, 2.45) is 0 Å². The number of benzene rings is 4. The van der Waals surface area contributed by atoms with Gasteiger partial charge in [0.25, 0.3) is 15.9 Å². The summed E-state index contributed by atoms with van der Waals surface area (Å²) >= 11 is 0. The minimum Gasteiger partial charge on any atom is -0.508 e. The summed E-state index contributed by atoms with van der Waals surface area (Å²) in [6.07, 6.45) is 0.478. The second kappa shape index (κ2) is 9.40. The number of anilines is 1. The van der Waals surface area contributed by atoms with Crippen LogP contribution in [0.1, 0.15) is 15.9 Å². The fourth-order valence-electron chi connectivity index (χ4n) is 3.44. The minimum absolute atomic E-state index is 0.0483. The molecule has 1 amide bonds. The Morgan fingerprint density at radius 1 is 0.853 bits per heavy atom. The van der Waals surface area contributed by atoms with E-state index >= 15 is 0 Å². The summed E-state index contributed by atoms with van der Waals surface area (Å²) in [6, 6.07) is 18.8. The van der Waals surface area contributed by atoms with Gasteiger partial charge in [0.05, 0.1) is 10.5 Å². The molecule has 0 aromatic heterocycles. The van der Waals surface area contributed by atoms with Crippen molar-refractivity contribution < 1.29 is 27.8 Å². The zero-order valence-corrected chi connectivity index (χ0v) is 18.6. The van der Waals surface area contributed by atoms with E-state index in [9.17, 15) is 27.8 Å². The van der Waals surface area contributed by atoms with Crippen LogP contribution in [0.25, 0.3) is 10.8 Å². The molecular weight excluding hydrogens is 459 g/mol. The van der Waals surface area contributed by atoms with Crippen LogP contribution in [-0.4, -0.2) is 31.1 Å². The summed E-state index contributed by atoms with van der Waals surface area (Å²) < 4.78 is 40.2. The molecule has 7 nitrogen and oxygen atoms in total. The number of rotatable bonds is 7. The van der Waals surface area contributed by atoms with Gasteiger partial charge in [-0.3, -0.25) is 9.52 Å². The van der Waals surface area contributed by atoms with Gasteiger partial charge in [0.1, 0.15) is 17.3 Å². The molecule has 0 radical (unpaired) electrons. The van der Waals surface area contributed by atoms with Crippen molar-refractivity contribution >= 4 is 32.4 Å². The lowest BCUT2D eigenvalue weighted by Gasteiger charge is -2.10. The van der Waals surface area contributed by atoms with Crippen LogP contribution in [0.4, 0.5) is 10.1 Å². The number of sulfonamides is 1. The number of hydrogen-bond acceptors (Lipinski definition) is 5. The molecule has 0 atom stereocenters. The maximum absolute atomic E-state index is 13.0. The second-order valence-corrected chi connectivity index (χ2v) is 9.35. The SMILES string of the molecule is O=C(NCCc1ccc(NS(=O)(=O)c2ccc(F)cc2)cc1)c1cc2cc(O)ccc2cc1O. The lowest BCUT2D eigenvalue weighted by atomic mass is 10.0. The highest BCUT2D eigenvalue weighted by Gasteiger charge is 2.15. The molecule has 4 N–H and O–H groups in total. The maximum Gasteiger partial charge on any atom is 0.261 e. The average Bonchev–Trinajstić information content (AvgIpc) is 2.80. The van der Waals surface area contributed by atoms with Crippen LogP contribution < -0.4 is 10.0 Å². The molecule has 0 aliphatic rings. The molecular formula is C25H21FN2O5S. The lowest BCUT2D eigenvalue weighted by molar-refractivity contribution is 0.0951. The number of carbonyl (C=O) groups excluding carboxylic acids is 1. The summed E-state index contributed by atoms with van der Waals surface area (Å²) in [4.78, 5) is 12.5. The van der Waals surface area contributed by atoms with E-state index in [1.807, 2.05) is 0 Å². The Balaban J connectivity index is 1.35.